The Morgan fingerprint density at radius 3 is 2.36 bits per heavy atom. The average molecular weight is 346 g/mol. The maximum Gasteiger partial charge on any atom is 0.251 e. The highest BCUT2D eigenvalue weighted by molar-refractivity contribution is 6.30. The second-order valence-corrected chi connectivity index (χ2v) is 5.70. The van der Waals surface area contributed by atoms with Crippen molar-refractivity contribution in [1.82, 2.24) is 16.0 Å². The summed E-state index contributed by atoms with van der Waals surface area (Å²) >= 11 is 5.77. The van der Waals surface area contributed by atoms with E-state index in [9.17, 15) is 9.59 Å². The number of halogens is 2. The Balaban J connectivity index is 0.00000242. The summed E-state index contributed by atoms with van der Waals surface area (Å²) in [6, 6.07) is 6.68. The van der Waals surface area contributed by atoms with E-state index in [0.717, 1.165) is 13.1 Å². The summed E-state index contributed by atoms with van der Waals surface area (Å²) in [7, 11) is 0. The van der Waals surface area contributed by atoms with Gasteiger partial charge in [-0.3, -0.25) is 9.59 Å². The second-order valence-electron chi connectivity index (χ2n) is 5.26. The third-order valence-corrected chi connectivity index (χ3v) is 4.00. The van der Waals surface area contributed by atoms with Crippen LogP contribution < -0.4 is 16.0 Å². The molecule has 1 atom stereocenters. The van der Waals surface area contributed by atoms with Crippen molar-refractivity contribution in [3.63, 3.8) is 0 Å². The Morgan fingerprint density at radius 2 is 1.82 bits per heavy atom. The van der Waals surface area contributed by atoms with Crippen molar-refractivity contribution in [3.8, 4) is 0 Å². The van der Waals surface area contributed by atoms with Gasteiger partial charge in [0.15, 0.2) is 0 Å². The normalized spacial score (nSPS) is 15.2. The van der Waals surface area contributed by atoms with Gasteiger partial charge < -0.3 is 16.0 Å². The van der Waals surface area contributed by atoms with E-state index in [0.29, 0.717) is 29.6 Å². The molecule has 1 unspecified atom stereocenters. The van der Waals surface area contributed by atoms with Gasteiger partial charge in [0, 0.05) is 29.6 Å². The Labute approximate surface area is 141 Å². The molecule has 7 heteroatoms. The van der Waals surface area contributed by atoms with Gasteiger partial charge in [0.25, 0.3) is 5.91 Å². The van der Waals surface area contributed by atoms with Gasteiger partial charge in [0.1, 0.15) is 0 Å². The average Bonchev–Trinajstić information content (AvgIpc) is 2.42. The minimum absolute atomic E-state index is 0. The van der Waals surface area contributed by atoms with Gasteiger partial charge in [-0.25, -0.2) is 0 Å². The SMILES string of the molecule is CC(C(=O)NCCNC(=O)c1ccc(Cl)cc1)C1CNC1.Cl. The van der Waals surface area contributed by atoms with Gasteiger partial charge in [-0.05, 0) is 43.3 Å². The van der Waals surface area contributed by atoms with Crippen LogP contribution in [0.3, 0.4) is 0 Å². The summed E-state index contributed by atoms with van der Waals surface area (Å²) in [4.78, 5) is 23.7. The summed E-state index contributed by atoms with van der Waals surface area (Å²) in [6.07, 6.45) is 0. The van der Waals surface area contributed by atoms with Crippen LogP contribution in [0, 0.1) is 11.8 Å². The van der Waals surface area contributed by atoms with E-state index in [4.69, 9.17) is 11.6 Å². The molecule has 1 heterocycles. The maximum absolute atomic E-state index is 11.9. The molecule has 1 aliphatic heterocycles. The molecule has 0 bridgehead atoms. The molecule has 3 N–H and O–H groups in total. The molecule has 1 aliphatic rings. The van der Waals surface area contributed by atoms with E-state index in [2.05, 4.69) is 16.0 Å². The lowest BCUT2D eigenvalue weighted by Crippen LogP contribution is -2.50. The molecule has 5 nitrogen and oxygen atoms in total. The van der Waals surface area contributed by atoms with Crippen LogP contribution in [0.5, 0.6) is 0 Å². The molecular formula is C15H21Cl2N3O2. The van der Waals surface area contributed by atoms with E-state index >= 15 is 0 Å². The van der Waals surface area contributed by atoms with Crippen LogP contribution in [-0.2, 0) is 4.79 Å². The van der Waals surface area contributed by atoms with Gasteiger partial charge in [0.2, 0.25) is 5.91 Å². The van der Waals surface area contributed by atoms with Gasteiger partial charge >= 0.3 is 0 Å². The zero-order valence-corrected chi connectivity index (χ0v) is 14.0. The number of nitrogens with one attached hydrogen (secondary N) is 3. The van der Waals surface area contributed by atoms with Crippen LogP contribution in [0.15, 0.2) is 24.3 Å². The van der Waals surface area contributed by atoms with Crippen molar-refractivity contribution in [3.05, 3.63) is 34.9 Å². The summed E-state index contributed by atoms with van der Waals surface area (Å²) in [5, 5.41) is 9.36. The molecule has 0 aromatic heterocycles. The predicted molar refractivity (Wildman–Crippen MR) is 89.6 cm³/mol. The molecule has 1 aromatic rings. The number of hydrogen-bond donors (Lipinski definition) is 3. The van der Waals surface area contributed by atoms with Crippen molar-refractivity contribution in [2.75, 3.05) is 26.2 Å². The first-order valence-electron chi connectivity index (χ1n) is 7.10. The van der Waals surface area contributed by atoms with Crippen molar-refractivity contribution in [1.29, 1.82) is 0 Å². The Bertz CT molecular complexity index is 504. The van der Waals surface area contributed by atoms with Crippen LogP contribution in [0.1, 0.15) is 17.3 Å². The molecule has 22 heavy (non-hydrogen) atoms. The van der Waals surface area contributed by atoms with Crippen molar-refractivity contribution < 1.29 is 9.59 Å². The Hall–Kier alpha value is -1.30. The minimum Gasteiger partial charge on any atom is -0.354 e. The van der Waals surface area contributed by atoms with Crippen LogP contribution in [0.25, 0.3) is 0 Å². The number of hydrogen-bond acceptors (Lipinski definition) is 3. The first-order valence-corrected chi connectivity index (χ1v) is 7.48. The number of carbonyl (C=O) groups is 2. The molecular weight excluding hydrogens is 325 g/mol. The highest BCUT2D eigenvalue weighted by Gasteiger charge is 2.28. The summed E-state index contributed by atoms with van der Waals surface area (Å²) in [6.45, 7) is 4.59. The number of amides is 2. The van der Waals surface area contributed by atoms with Gasteiger partial charge in [-0.2, -0.15) is 0 Å². The second kappa shape index (κ2) is 8.98. The third kappa shape index (κ3) is 5.16. The largest absolute Gasteiger partial charge is 0.354 e. The van der Waals surface area contributed by atoms with Crippen LogP contribution >= 0.6 is 24.0 Å². The third-order valence-electron chi connectivity index (χ3n) is 3.75. The molecule has 0 radical (unpaired) electrons. The highest BCUT2D eigenvalue weighted by Crippen LogP contribution is 2.15. The predicted octanol–water partition coefficient (Wildman–Crippen LogP) is 1.46. The van der Waals surface area contributed by atoms with Crippen LogP contribution in [0.2, 0.25) is 5.02 Å². The first-order chi connectivity index (χ1) is 10.1. The topological polar surface area (TPSA) is 70.2 Å². The first kappa shape index (κ1) is 18.7. The molecule has 122 valence electrons. The van der Waals surface area contributed by atoms with Gasteiger partial charge in [-0.1, -0.05) is 18.5 Å². The fourth-order valence-corrected chi connectivity index (χ4v) is 2.23. The molecule has 2 rings (SSSR count). The zero-order chi connectivity index (χ0) is 15.2. The maximum atomic E-state index is 11.9. The van der Waals surface area contributed by atoms with Crippen LogP contribution in [-0.4, -0.2) is 38.0 Å². The van der Waals surface area contributed by atoms with E-state index in [-0.39, 0.29) is 30.1 Å². The minimum atomic E-state index is -0.169. The monoisotopic (exact) mass is 345 g/mol. The summed E-state index contributed by atoms with van der Waals surface area (Å²) in [5.74, 6) is 0.311. The lowest BCUT2D eigenvalue weighted by Gasteiger charge is -2.31. The highest BCUT2D eigenvalue weighted by atomic mass is 35.5. The molecule has 0 aliphatic carbocycles. The van der Waals surface area contributed by atoms with Crippen molar-refractivity contribution in [2.24, 2.45) is 11.8 Å². The van der Waals surface area contributed by atoms with Crippen LogP contribution in [0.4, 0.5) is 0 Å². The van der Waals surface area contributed by atoms with Crippen molar-refractivity contribution in [2.45, 2.75) is 6.92 Å². The molecule has 0 spiro atoms. The molecule has 1 fully saturated rings. The lowest BCUT2D eigenvalue weighted by atomic mass is 9.88. The zero-order valence-electron chi connectivity index (χ0n) is 12.4. The Kier molecular flexibility index (Phi) is 7.65. The van der Waals surface area contributed by atoms with Crippen molar-refractivity contribution >= 4 is 35.8 Å². The fraction of sp³-hybridized carbons (Fsp3) is 0.467. The molecule has 2 amide bonds. The van der Waals surface area contributed by atoms with Gasteiger partial charge in [0.05, 0.1) is 0 Å². The van der Waals surface area contributed by atoms with E-state index < -0.39 is 0 Å². The lowest BCUT2D eigenvalue weighted by molar-refractivity contribution is -0.126. The smallest absolute Gasteiger partial charge is 0.251 e. The number of benzene rings is 1. The van der Waals surface area contributed by atoms with E-state index in [1.54, 1.807) is 24.3 Å². The van der Waals surface area contributed by atoms with E-state index in [1.165, 1.54) is 0 Å². The number of rotatable bonds is 6. The molecule has 0 saturated carbocycles. The quantitative estimate of drug-likeness (QED) is 0.683. The summed E-state index contributed by atoms with van der Waals surface area (Å²) < 4.78 is 0. The van der Waals surface area contributed by atoms with Gasteiger partial charge in [-0.15, -0.1) is 12.4 Å². The Morgan fingerprint density at radius 1 is 1.23 bits per heavy atom. The van der Waals surface area contributed by atoms with E-state index in [1.807, 2.05) is 6.92 Å². The fourth-order valence-electron chi connectivity index (χ4n) is 2.10. The number of carbonyl (C=O) groups excluding carboxylic acids is 2. The molecule has 1 saturated heterocycles. The molecule has 1 aromatic carbocycles. The standard InChI is InChI=1S/C15H20ClN3O2.ClH/c1-10(12-8-17-9-12)14(20)18-6-7-19-15(21)11-2-4-13(16)5-3-11;/h2-5,10,12,17H,6-9H2,1H3,(H,18,20)(H,19,21);1H. The summed E-state index contributed by atoms with van der Waals surface area (Å²) in [5.41, 5.74) is 0.555.